The molecule has 3 heteroatoms. The molecule has 1 aliphatic heterocycles. The monoisotopic (exact) mass is 248 g/mol. The Morgan fingerprint density at radius 1 is 1.17 bits per heavy atom. The Bertz CT molecular complexity index is 343. The number of aliphatic hydroxyl groups excluding tert-OH is 1. The van der Waals surface area contributed by atoms with Crippen LogP contribution in [0.1, 0.15) is 24.8 Å². The maximum absolute atomic E-state index is 9.87. The number of nitrogens with one attached hydrogen (secondary N) is 1. The van der Waals surface area contributed by atoms with E-state index < -0.39 is 0 Å². The molecule has 18 heavy (non-hydrogen) atoms. The summed E-state index contributed by atoms with van der Waals surface area (Å²) in [7, 11) is 1.94. The highest BCUT2D eigenvalue weighted by Crippen LogP contribution is 2.23. The zero-order chi connectivity index (χ0) is 12.8. The second kappa shape index (κ2) is 6.32. The van der Waals surface area contributed by atoms with Crippen molar-refractivity contribution in [2.75, 3.05) is 33.3 Å². The molecule has 2 rings (SSSR count). The number of piperidine rings is 1. The Morgan fingerprint density at radius 2 is 1.83 bits per heavy atom. The van der Waals surface area contributed by atoms with Gasteiger partial charge in [0.05, 0.1) is 12.1 Å². The first kappa shape index (κ1) is 13.5. The molecule has 0 saturated carbocycles. The van der Waals surface area contributed by atoms with Crippen molar-refractivity contribution in [1.29, 1.82) is 0 Å². The molecule has 1 atom stereocenters. The van der Waals surface area contributed by atoms with Gasteiger partial charge in [0.25, 0.3) is 0 Å². The minimum atomic E-state index is -0.335. The van der Waals surface area contributed by atoms with Crippen LogP contribution in [0.15, 0.2) is 30.3 Å². The van der Waals surface area contributed by atoms with Crippen molar-refractivity contribution >= 4 is 0 Å². The molecule has 0 bridgehead atoms. The average Bonchev–Trinajstić information content (AvgIpc) is 2.47. The molecule has 1 saturated heterocycles. The summed E-state index contributed by atoms with van der Waals surface area (Å²) in [6, 6.07) is 10.3. The fourth-order valence-electron chi connectivity index (χ4n) is 2.79. The van der Waals surface area contributed by atoms with Gasteiger partial charge in [0.15, 0.2) is 0 Å². The third-order valence-corrected chi connectivity index (χ3v) is 4.02. The maximum Gasteiger partial charge on any atom is 0.0795 e. The van der Waals surface area contributed by atoms with Crippen molar-refractivity contribution in [1.82, 2.24) is 10.2 Å². The predicted octanol–water partition coefficient (Wildman–Crippen LogP) is 1.58. The van der Waals surface area contributed by atoms with Crippen LogP contribution in [0.3, 0.4) is 0 Å². The van der Waals surface area contributed by atoms with E-state index in [9.17, 15) is 5.11 Å². The van der Waals surface area contributed by atoms with E-state index in [1.54, 1.807) is 0 Å². The van der Waals surface area contributed by atoms with Gasteiger partial charge in [0, 0.05) is 6.54 Å². The smallest absolute Gasteiger partial charge is 0.0795 e. The van der Waals surface area contributed by atoms with Gasteiger partial charge in [-0.15, -0.1) is 0 Å². The van der Waals surface area contributed by atoms with E-state index in [2.05, 4.69) is 22.3 Å². The molecule has 1 fully saturated rings. The van der Waals surface area contributed by atoms with Gasteiger partial charge in [0.1, 0.15) is 0 Å². The molecule has 1 unspecified atom stereocenters. The lowest BCUT2D eigenvalue weighted by atomic mass is 9.89. The van der Waals surface area contributed by atoms with Crippen LogP contribution in [0.25, 0.3) is 0 Å². The van der Waals surface area contributed by atoms with Crippen LogP contribution in [0.4, 0.5) is 0 Å². The van der Waals surface area contributed by atoms with E-state index in [1.807, 2.05) is 25.2 Å². The van der Waals surface area contributed by atoms with Gasteiger partial charge in [-0.2, -0.15) is 0 Å². The average molecular weight is 248 g/mol. The highest BCUT2D eigenvalue weighted by atomic mass is 16.3. The van der Waals surface area contributed by atoms with Crippen molar-refractivity contribution in [3.8, 4) is 0 Å². The van der Waals surface area contributed by atoms with Crippen LogP contribution in [0.5, 0.6) is 0 Å². The van der Waals surface area contributed by atoms with E-state index >= 15 is 0 Å². The molecule has 0 aliphatic carbocycles. The molecule has 0 spiro atoms. The van der Waals surface area contributed by atoms with Crippen LogP contribution in [0, 0.1) is 0 Å². The molecule has 0 amide bonds. The van der Waals surface area contributed by atoms with E-state index in [-0.39, 0.29) is 12.1 Å². The Labute approximate surface area is 110 Å². The molecule has 100 valence electrons. The summed E-state index contributed by atoms with van der Waals surface area (Å²) in [5, 5.41) is 13.2. The van der Waals surface area contributed by atoms with Gasteiger partial charge in [-0.3, -0.25) is 0 Å². The molecular formula is C15H24N2O. The third kappa shape index (κ3) is 2.91. The van der Waals surface area contributed by atoms with Crippen molar-refractivity contribution in [3.63, 3.8) is 0 Å². The number of likely N-dealkylation sites (N-methyl/N-ethyl adjacent to an activating group) is 1. The molecular weight excluding hydrogens is 224 g/mol. The van der Waals surface area contributed by atoms with Crippen molar-refractivity contribution in [2.45, 2.75) is 24.8 Å². The maximum atomic E-state index is 9.87. The van der Waals surface area contributed by atoms with E-state index in [1.165, 1.54) is 24.8 Å². The SMILES string of the molecule is CNC(CO)(CN1CCCCC1)c1ccccc1. The zero-order valence-electron chi connectivity index (χ0n) is 11.2. The standard InChI is InChI=1S/C15H24N2O/c1-16-15(13-18,14-8-4-2-5-9-14)12-17-10-6-3-7-11-17/h2,4-5,8-9,16,18H,3,6-7,10-13H2,1H3. The lowest BCUT2D eigenvalue weighted by Crippen LogP contribution is -2.53. The third-order valence-electron chi connectivity index (χ3n) is 4.02. The van der Waals surface area contributed by atoms with Crippen molar-refractivity contribution in [2.24, 2.45) is 0 Å². The van der Waals surface area contributed by atoms with Gasteiger partial charge < -0.3 is 15.3 Å². The van der Waals surface area contributed by atoms with Crippen LogP contribution < -0.4 is 5.32 Å². The Balaban J connectivity index is 2.15. The number of likely N-dealkylation sites (tertiary alicyclic amines) is 1. The van der Waals surface area contributed by atoms with Crippen LogP contribution in [-0.2, 0) is 5.54 Å². The topological polar surface area (TPSA) is 35.5 Å². The second-order valence-electron chi connectivity index (χ2n) is 5.19. The summed E-state index contributed by atoms with van der Waals surface area (Å²) in [5.74, 6) is 0. The van der Waals surface area contributed by atoms with Crippen LogP contribution in [0.2, 0.25) is 0 Å². The summed E-state index contributed by atoms with van der Waals surface area (Å²) in [6.45, 7) is 3.31. The highest BCUT2D eigenvalue weighted by molar-refractivity contribution is 5.25. The molecule has 0 radical (unpaired) electrons. The molecule has 1 aromatic rings. The number of nitrogens with zero attached hydrogens (tertiary/aromatic N) is 1. The first-order valence-electron chi connectivity index (χ1n) is 6.88. The second-order valence-corrected chi connectivity index (χ2v) is 5.19. The first-order chi connectivity index (χ1) is 8.80. The summed E-state index contributed by atoms with van der Waals surface area (Å²) in [4.78, 5) is 2.46. The summed E-state index contributed by atoms with van der Waals surface area (Å²) in [5.41, 5.74) is 0.832. The molecule has 3 nitrogen and oxygen atoms in total. The van der Waals surface area contributed by atoms with Gasteiger partial charge in [0.2, 0.25) is 0 Å². The molecule has 1 aromatic carbocycles. The minimum Gasteiger partial charge on any atom is -0.394 e. The number of rotatable bonds is 5. The predicted molar refractivity (Wildman–Crippen MR) is 74.6 cm³/mol. The molecule has 0 aromatic heterocycles. The normalized spacial score (nSPS) is 20.6. The summed E-state index contributed by atoms with van der Waals surface area (Å²) < 4.78 is 0. The quantitative estimate of drug-likeness (QED) is 0.830. The fraction of sp³-hybridized carbons (Fsp3) is 0.600. The number of benzene rings is 1. The minimum absolute atomic E-state index is 0.129. The number of aliphatic hydroxyl groups is 1. The molecule has 1 heterocycles. The summed E-state index contributed by atoms with van der Waals surface area (Å²) >= 11 is 0. The van der Waals surface area contributed by atoms with E-state index in [4.69, 9.17) is 0 Å². The highest BCUT2D eigenvalue weighted by Gasteiger charge is 2.32. The Hall–Kier alpha value is -0.900. The first-order valence-corrected chi connectivity index (χ1v) is 6.88. The largest absolute Gasteiger partial charge is 0.394 e. The number of hydrogen-bond donors (Lipinski definition) is 2. The fourth-order valence-corrected chi connectivity index (χ4v) is 2.79. The molecule has 2 N–H and O–H groups in total. The van der Waals surface area contributed by atoms with Crippen molar-refractivity contribution in [3.05, 3.63) is 35.9 Å². The van der Waals surface area contributed by atoms with E-state index in [0.29, 0.717) is 0 Å². The van der Waals surface area contributed by atoms with Crippen molar-refractivity contribution < 1.29 is 5.11 Å². The Kier molecular flexibility index (Phi) is 4.75. The van der Waals surface area contributed by atoms with Gasteiger partial charge in [-0.05, 0) is 38.5 Å². The van der Waals surface area contributed by atoms with Gasteiger partial charge >= 0.3 is 0 Å². The number of hydrogen-bond acceptors (Lipinski definition) is 3. The van der Waals surface area contributed by atoms with Gasteiger partial charge in [-0.1, -0.05) is 36.8 Å². The van der Waals surface area contributed by atoms with Gasteiger partial charge in [-0.25, -0.2) is 0 Å². The van der Waals surface area contributed by atoms with E-state index in [0.717, 1.165) is 19.6 Å². The Morgan fingerprint density at radius 3 is 2.39 bits per heavy atom. The van der Waals surface area contributed by atoms with Crippen LogP contribution >= 0.6 is 0 Å². The lowest BCUT2D eigenvalue weighted by molar-refractivity contribution is 0.101. The molecule has 1 aliphatic rings. The summed E-state index contributed by atoms with van der Waals surface area (Å²) in [6.07, 6.45) is 3.90. The lowest BCUT2D eigenvalue weighted by Gasteiger charge is -2.39. The van der Waals surface area contributed by atoms with Crippen LogP contribution in [-0.4, -0.2) is 43.3 Å². The zero-order valence-corrected chi connectivity index (χ0v) is 11.2.